The standard InChI is InChI=1S/C9H5ClN2O3/c10-5-1-2-6-7(3-5)11-4-8(9(6)13)12(14)15/h1-4H,(H,11,13). The summed E-state index contributed by atoms with van der Waals surface area (Å²) in [5, 5.41) is 11.2. The Hall–Kier alpha value is -1.88. The summed E-state index contributed by atoms with van der Waals surface area (Å²) in [7, 11) is 0. The maximum atomic E-state index is 11.6. The van der Waals surface area contributed by atoms with Crippen LogP contribution in [0.3, 0.4) is 0 Å². The highest BCUT2D eigenvalue weighted by Gasteiger charge is 2.14. The van der Waals surface area contributed by atoms with Crippen LogP contribution in [-0.2, 0) is 0 Å². The first-order valence-electron chi connectivity index (χ1n) is 4.05. The Morgan fingerprint density at radius 1 is 1.40 bits per heavy atom. The molecular weight excluding hydrogens is 220 g/mol. The molecule has 0 fully saturated rings. The summed E-state index contributed by atoms with van der Waals surface area (Å²) in [5.74, 6) is 0. The predicted octanol–water partition coefficient (Wildman–Crippen LogP) is 2.09. The zero-order valence-electron chi connectivity index (χ0n) is 7.36. The minimum Gasteiger partial charge on any atom is -0.355 e. The first-order valence-corrected chi connectivity index (χ1v) is 4.43. The fraction of sp³-hybridized carbons (Fsp3) is 0. The Bertz CT molecular complexity index is 606. The molecule has 0 aliphatic heterocycles. The number of fused-ring (bicyclic) bond motifs is 1. The van der Waals surface area contributed by atoms with E-state index >= 15 is 0 Å². The number of pyridine rings is 1. The number of halogens is 1. The van der Waals surface area contributed by atoms with Gasteiger partial charge < -0.3 is 4.98 Å². The monoisotopic (exact) mass is 224 g/mol. The van der Waals surface area contributed by atoms with Gasteiger partial charge in [0.05, 0.1) is 22.0 Å². The van der Waals surface area contributed by atoms with Gasteiger partial charge in [0.2, 0.25) is 0 Å². The van der Waals surface area contributed by atoms with Crippen LogP contribution < -0.4 is 5.43 Å². The number of nitrogens with zero attached hydrogens (tertiary/aromatic N) is 1. The summed E-state index contributed by atoms with van der Waals surface area (Å²) < 4.78 is 0. The third-order valence-electron chi connectivity index (χ3n) is 2.02. The molecule has 0 saturated heterocycles. The number of aromatic nitrogens is 1. The zero-order valence-corrected chi connectivity index (χ0v) is 8.12. The first kappa shape index (κ1) is 9.67. The van der Waals surface area contributed by atoms with Crippen LogP contribution in [0.2, 0.25) is 5.02 Å². The molecule has 1 aromatic heterocycles. The Morgan fingerprint density at radius 3 is 2.80 bits per heavy atom. The van der Waals surface area contributed by atoms with E-state index < -0.39 is 16.0 Å². The molecule has 1 aromatic carbocycles. The molecule has 0 unspecified atom stereocenters. The third-order valence-corrected chi connectivity index (χ3v) is 2.26. The molecule has 1 heterocycles. The third kappa shape index (κ3) is 1.57. The minimum atomic E-state index is -0.715. The Morgan fingerprint density at radius 2 is 2.13 bits per heavy atom. The summed E-state index contributed by atoms with van der Waals surface area (Å²) in [6.45, 7) is 0. The summed E-state index contributed by atoms with van der Waals surface area (Å²) in [6.07, 6.45) is 1.07. The van der Waals surface area contributed by atoms with Crippen LogP contribution in [-0.4, -0.2) is 9.91 Å². The van der Waals surface area contributed by atoms with Gasteiger partial charge in [-0.25, -0.2) is 0 Å². The minimum absolute atomic E-state index is 0.258. The average Bonchev–Trinajstić information content (AvgIpc) is 2.17. The fourth-order valence-electron chi connectivity index (χ4n) is 1.32. The van der Waals surface area contributed by atoms with E-state index in [4.69, 9.17) is 11.6 Å². The zero-order chi connectivity index (χ0) is 11.0. The predicted molar refractivity (Wildman–Crippen MR) is 56.2 cm³/mol. The van der Waals surface area contributed by atoms with Crippen LogP contribution in [0.4, 0.5) is 5.69 Å². The largest absolute Gasteiger partial charge is 0.355 e. The van der Waals surface area contributed by atoms with Crippen molar-refractivity contribution in [3.63, 3.8) is 0 Å². The number of nitro groups is 1. The van der Waals surface area contributed by atoms with Gasteiger partial charge in [-0.15, -0.1) is 0 Å². The summed E-state index contributed by atoms with van der Waals surface area (Å²) in [5.41, 5.74) is -0.590. The highest BCUT2D eigenvalue weighted by atomic mass is 35.5. The molecule has 0 radical (unpaired) electrons. The van der Waals surface area contributed by atoms with Crippen molar-refractivity contribution in [2.45, 2.75) is 0 Å². The Balaban J connectivity index is 2.86. The molecule has 2 aromatic rings. The van der Waals surface area contributed by atoms with Crippen molar-refractivity contribution in [3.05, 3.63) is 49.8 Å². The second kappa shape index (κ2) is 3.36. The molecule has 0 atom stereocenters. The van der Waals surface area contributed by atoms with E-state index in [1.54, 1.807) is 6.07 Å². The van der Waals surface area contributed by atoms with Gasteiger partial charge in [-0.1, -0.05) is 11.6 Å². The highest BCUT2D eigenvalue weighted by Crippen LogP contribution is 2.16. The summed E-state index contributed by atoms with van der Waals surface area (Å²) >= 11 is 5.72. The van der Waals surface area contributed by atoms with Crippen LogP contribution in [0.25, 0.3) is 10.9 Å². The van der Waals surface area contributed by atoms with E-state index in [9.17, 15) is 14.9 Å². The van der Waals surface area contributed by atoms with E-state index in [0.29, 0.717) is 10.5 Å². The van der Waals surface area contributed by atoms with Crippen molar-refractivity contribution >= 4 is 28.2 Å². The molecule has 1 N–H and O–H groups in total. The van der Waals surface area contributed by atoms with E-state index in [1.165, 1.54) is 12.1 Å². The lowest BCUT2D eigenvalue weighted by molar-refractivity contribution is -0.386. The second-order valence-corrected chi connectivity index (χ2v) is 3.39. The number of rotatable bonds is 1. The van der Waals surface area contributed by atoms with Gasteiger partial charge >= 0.3 is 5.69 Å². The normalized spacial score (nSPS) is 10.5. The fourth-order valence-corrected chi connectivity index (χ4v) is 1.49. The van der Waals surface area contributed by atoms with Crippen LogP contribution in [0.1, 0.15) is 0 Å². The molecule has 5 nitrogen and oxygen atoms in total. The molecular formula is C9H5ClN2O3. The van der Waals surface area contributed by atoms with Crippen molar-refractivity contribution in [2.75, 3.05) is 0 Å². The molecule has 0 spiro atoms. The maximum absolute atomic E-state index is 11.6. The lowest BCUT2D eigenvalue weighted by Crippen LogP contribution is -2.08. The van der Waals surface area contributed by atoms with Crippen molar-refractivity contribution in [3.8, 4) is 0 Å². The SMILES string of the molecule is O=c1c([N+](=O)[O-])c[nH]c2cc(Cl)ccc12. The Labute approximate surface area is 88.5 Å². The van der Waals surface area contributed by atoms with Gasteiger partial charge in [-0.05, 0) is 18.2 Å². The maximum Gasteiger partial charge on any atom is 0.332 e. The van der Waals surface area contributed by atoms with Crippen molar-refractivity contribution < 1.29 is 4.92 Å². The van der Waals surface area contributed by atoms with Crippen LogP contribution in [0.15, 0.2) is 29.2 Å². The van der Waals surface area contributed by atoms with Gasteiger partial charge in [0.1, 0.15) is 0 Å². The van der Waals surface area contributed by atoms with E-state index in [2.05, 4.69) is 4.98 Å². The number of hydrogen-bond acceptors (Lipinski definition) is 3. The molecule has 0 aliphatic rings. The molecule has 6 heteroatoms. The molecule has 0 saturated carbocycles. The highest BCUT2D eigenvalue weighted by molar-refractivity contribution is 6.31. The lowest BCUT2D eigenvalue weighted by atomic mass is 10.2. The quantitative estimate of drug-likeness (QED) is 0.595. The van der Waals surface area contributed by atoms with E-state index in [0.717, 1.165) is 6.20 Å². The number of benzene rings is 1. The van der Waals surface area contributed by atoms with Crippen molar-refractivity contribution in [1.29, 1.82) is 0 Å². The number of nitrogens with one attached hydrogen (secondary N) is 1. The van der Waals surface area contributed by atoms with Crippen molar-refractivity contribution in [2.24, 2.45) is 0 Å². The first-order chi connectivity index (χ1) is 7.09. The van der Waals surface area contributed by atoms with Gasteiger partial charge in [0.25, 0.3) is 5.43 Å². The number of hydrogen-bond donors (Lipinski definition) is 1. The second-order valence-electron chi connectivity index (χ2n) is 2.95. The molecule has 15 heavy (non-hydrogen) atoms. The molecule has 76 valence electrons. The van der Waals surface area contributed by atoms with Gasteiger partial charge in [-0.3, -0.25) is 14.9 Å². The van der Waals surface area contributed by atoms with E-state index in [1.807, 2.05) is 0 Å². The van der Waals surface area contributed by atoms with Crippen molar-refractivity contribution in [1.82, 2.24) is 4.98 Å². The van der Waals surface area contributed by atoms with Gasteiger partial charge in [0.15, 0.2) is 0 Å². The van der Waals surface area contributed by atoms with Crippen LogP contribution in [0.5, 0.6) is 0 Å². The van der Waals surface area contributed by atoms with Crippen LogP contribution in [0, 0.1) is 10.1 Å². The Kier molecular flexibility index (Phi) is 2.17. The van der Waals surface area contributed by atoms with E-state index in [-0.39, 0.29) is 5.39 Å². The molecule has 0 amide bonds. The average molecular weight is 225 g/mol. The molecule has 0 aliphatic carbocycles. The smallest absolute Gasteiger partial charge is 0.332 e. The van der Waals surface area contributed by atoms with Gasteiger partial charge in [0, 0.05) is 5.02 Å². The number of aromatic amines is 1. The lowest BCUT2D eigenvalue weighted by Gasteiger charge is -1.97. The number of H-pyrrole nitrogens is 1. The summed E-state index contributed by atoms with van der Waals surface area (Å²) in [4.78, 5) is 24.0. The molecule has 2 rings (SSSR count). The van der Waals surface area contributed by atoms with Crippen LogP contribution >= 0.6 is 11.6 Å². The summed E-state index contributed by atoms with van der Waals surface area (Å²) in [6, 6.07) is 4.52. The van der Waals surface area contributed by atoms with Gasteiger partial charge in [-0.2, -0.15) is 0 Å². The topological polar surface area (TPSA) is 76.0 Å². The molecule has 0 bridgehead atoms.